The van der Waals surface area contributed by atoms with Crippen molar-refractivity contribution in [2.75, 3.05) is 6.54 Å². The largest absolute Gasteiger partial charge is 0.355 e. The van der Waals surface area contributed by atoms with E-state index in [0.717, 1.165) is 24.1 Å². The van der Waals surface area contributed by atoms with Crippen molar-refractivity contribution in [3.05, 3.63) is 47.4 Å². The van der Waals surface area contributed by atoms with E-state index in [4.69, 9.17) is 0 Å². The molecule has 2 aliphatic carbocycles. The number of carbonyl (C=O) groups is 1. The molecule has 0 aliphatic heterocycles. The van der Waals surface area contributed by atoms with Gasteiger partial charge in [0.25, 0.3) is 0 Å². The molecule has 1 fully saturated rings. The third-order valence-electron chi connectivity index (χ3n) is 6.59. The predicted octanol–water partition coefficient (Wildman–Crippen LogP) is 4.21. The third-order valence-corrected chi connectivity index (χ3v) is 6.59. The second kappa shape index (κ2) is 6.11. The fraction of sp³-hybridized carbons (Fsp3) is 0.500. The van der Waals surface area contributed by atoms with Gasteiger partial charge in [-0.15, -0.1) is 0 Å². The van der Waals surface area contributed by atoms with Crippen LogP contribution in [0.5, 0.6) is 0 Å². The van der Waals surface area contributed by atoms with Crippen LogP contribution in [-0.2, 0) is 10.2 Å². The Labute approximate surface area is 159 Å². The van der Waals surface area contributed by atoms with E-state index in [9.17, 15) is 9.18 Å². The molecule has 2 atom stereocenters. The Morgan fingerprint density at radius 3 is 2.74 bits per heavy atom. The number of hydrogen-bond donors (Lipinski definition) is 1. The van der Waals surface area contributed by atoms with Crippen molar-refractivity contribution < 1.29 is 9.18 Å². The van der Waals surface area contributed by atoms with E-state index in [1.165, 1.54) is 6.07 Å². The van der Waals surface area contributed by atoms with Gasteiger partial charge in [-0.05, 0) is 53.9 Å². The molecular formula is C22H26FN3O. The molecule has 27 heavy (non-hydrogen) atoms. The van der Waals surface area contributed by atoms with Gasteiger partial charge < -0.3 is 5.32 Å². The normalized spacial score (nSPS) is 24.9. The Morgan fingerprint density at radius 2 is 2.04 bits per heavy atom. The van der Waals surface area contributed by atoms with Crippen molar-refractivity contribution in [3.63, 3.8) is 0 Å². The van der Waals surface area contributed by atoms with Crippen LogP contribution < -0.4 is 5.32 Å². The molecule has 2 bridgehead atoms. The number of carbonyl (C=O) groups excluding carboxylic acids is 1. The van der Waals surface area contributed by atoms with Crippen LogP contribution in [0, 0.1) is 17.2 Å². The minimum atomic E-state index is -0.650. The number of hydrogen-bond acceptors (Lipinski definition) is 3. The highest BCUT2D eigenvalue weighted by Crippen LogP contribution is 2.67. The second-order valence-corrected chi connectivity index (χ2v) is 8.84. The van der Waals surface area contributed by atoms with Crippen LogP contribution in [0.2, 0.25) is 0 Å². The van der Waals surface area contributed by atoms with E-state index in [-0.39, 0.29) is 23.1 Å². The Bertz CT molecular complexity index is 908. The van der Waals surface area contributed by atoms with Crippen LogP contribution in [-0.4, -0.2) is 22.6 Å². The van der Waals surface area contributed by atoms with E-state index in [2.05, 4.69) is 43.2 Å². The minimum absolute atomic E-state index is 0.0513. The number of amides is 1. The van der Waals surface area contributed by atoms with E-state index >= 15 is 0 Å². The van der Waals surface area contributed by atoms with Gasteiger partial charge in [0.1, 0.15) is 5.82 Å². The molecule has 2 aliphatic rings. The highest BCUT2D eigenvalue weighted by molar-refractivity contribution is 5.91. The summed E-state index contributed by atoms with van der Waals surface area (Å²) in [6.07, 6.45) is 1.73. The molecule has 4 rings (SSSR count). The second-order valence-electron chi connectivity index (χ2n) is 8.84. The number of nitrogens with zero attached hydrogens (tertiary/aromatic N) is 2. The van der Waals surface area contributed by atoms with Crippen molar-refractivity contribution >= 4 is 5.91 Å². The maximum atomic E-state index is 14.2. The lowest BCUT2D eigenvalue weighted by atomic mass is 9.67. The van der Waals surface area contributed by atoms with Gasteiger partial charge in [0.15, 0.2) is 0 Å². The van der Waals surface area contributed by atoms with Gasteiger partial charge in [0.05, 0.1) is 16.8 Å². The van der Waals surface area contributed by atoms with E-state index < -0.39 is 5.41 Å². The van der Waals surface area contributed by atoms with Crippen LogP contribution in [0.25, 0.3) is 11.3 Å². The van der Waals surface area contributed by atoms with E-state index in [1.54, 1.807) is 18.2 Å². The number of benzene rings is 1. The summed E-state index contributed by atoms with van der Waals surface area (Å²) in [4.78, 5) is 13.3. The number of halogens is 1. The molecule has 0 radical (unpaired) electrons. The fourth-order valence-corrected chi connectivity index (χ4v) is 5.07. The predicted molar refractivity (Wildman–Crippen MR) is 103 cm³/mol. The molecular weight excluding hydrogens is 341 g/mol. The summed E-state index contributed by atoms with van der Waals surface area (Å²) in [5.41, 5.74) is 1.94. The summed E-state index contributed by atoms with van der Waals surface area (Å²) in [6.45, 7) is 9.14. The smallest absolute Gasteiger partial charge is 0.232 e. The molecule has 4 nitrogen and oxygen atoms in total. The maximum Gasteiger partial charge on any atom is 0.232 e. The summed E-state index contributed by atoms with van der Waals surface area (Å²) in [5.74, 6) is 0.369. The standard InChI is InChI=1S/C22H26FN3O/c1-13(2)12-24-20(27)22-10-9-16(21(22,3)4)15-11-18(25-26-19(15)22)14-7-5-6-8-17(14)23/h5-8,11,13,16H,9-10,12H2,1-4H3,(H,24,27)/t16-,22+/m1/s1. The summed E-state index contributed by atoms with van der Waals surface area (Å²) in [5, 5.41) is 11.9. The lowest BCUT2D eigenvalue weighted by Gasteiger charge is -2.36. The molecule has 142 valence electrons. The van der Waals surface area contributed by atoms with Crippen molar-refractivity contribution in [1.82, 2.24) is 15.5 Å². The lowest BCUT2D eigenvalue weighted by molar-refractivity contribution is -0.130. The van der Waals surface area contributed by atoms with Crippen molar-refractivity contribution in [2.24, 2.45) is 11.3 Å². The van der Waals surface area contributed by atoms with Crippen molar-refractivity contribution in [3.8, 4) is 11.3 Å². The highest BCUT2D eigenvalue weighted by Gasteiger charge is 2.67. The summed E-state index contributed by atoms with van der Waals surface area (Å²) >= 11 is 0. The third kappa shape index (κ3) is 2.43. The molecule has 1 saturated carbocycles. The molecule has 2 aromatic rings. The number of fused-ring (bicyclic) bond motifs is 5. The average molecular weight is 367 g/mol. The maximum absolute atomic E-state index is 14.2. The van der Waals surface area contributed by atoms with Crippen LogP contribution in [0.15, 0.2) is 30.3 Å². The molecule has 0 spiro atoms. The minimum Gasteiger partial charge on any atom is -0.355 e. The zero-order valence-electron chi connectivity index (χ0n) is 16.3. The first-order chi connectivity index (χ1) is 12.8. The first kappa shape index (κ1) is 18.1. The molecule has 1 amide bonds. The van der Waals surface area contributed by atoms with Gasteiger partial charge in [-0.2, -0.15) is 10.2 Å². The van der Waals surface area contributed by atoms with Gasteiger partial charge in [0, 0.05) is 12.1 Å². The van der Waals surface area contributed by atoms with Crippen molar-refractivity contribution in [1.29, 1.82) is 0 Å². The van der Waals surface area contributed by atoms with E-state index in [1.807, 2.05) is 6.07 Å². The van der Waals surface area contributed by atoms with Gasteiger partial charge in [-0.25, -0.2) is 4.39 Å². The van der Waals surface area contributed by atoms with E-state index in [0.29, 0.717) is 23.7 Å². The Kier molecular flexibility index (Phi) is 4.09. The number of nitrogens with one attached hydrogen (secondary N) is 1. The first-order valence-electron chi connectivity index (χ1n) is 9.70. The Balaban J connectivity index is 1.80. The number of rotatable bonds is 4. The first-order valence-corrected chi connectivity index (χ1v) is 9.70. The molecule has 1 aromatic carbocycles. The monoisotopic (exact) mass is 367 g/mol. The van der Waals surface area contributed by atoms with Gasteiger partial charge >= 0.3 is 0 Å². The van der Waals surface area contributed by atoms with Gasteiger partial charge in [0.2, 0.25) is 5.91 Å². The van der Waals surface area contributed by atoms with Crippen LogP contribution in [0.1, 0.15) is 57.7 Å². The van der Waals surface area contributed by atoms with Gasteiger partial charge in [-0.3, -0.25) is 4.79 Å². The molecule has 1 N–H and O–H groups in total. The summed E-state index contributed by atoms with van der Waals surface area (Å²) in [7, 11) is 0. The Morgan fingerprint density at radius 1 is 1.30 bits per heavy atom. The Hall–Kier alpha value is -2.30. The summed E-state index contributed by atoms with van der Waals surface area (Å²) < 4.78 is 14.2. The quantitative estimate of drug-likeness (QED) is 0.881. The van der Waals surface area contributed by atoms with Crippen LogP contribution in [0.3, 0.4) is 0 Å². The number of aromatic nitrogens is 2. The zero-order valence-corrected chi connectivity index (χ0v) is 16.3. The lowest BCUT2D eigenvalue weighted by Crippen LogP contribution is -2.50. The molecule has 5 heteroatoms. The molecule has 1 aromatic heterocycles. The fourth-order valence-electron chi connectivity index (χ4n) is 5.07. The molecule has 0 saturated heterocycles. The SMILES string of the molecule is CC(C)CNC(=O)[C@]12CC[C@H](c3cc(-c4ccccc4F)nnc31)C2(C)C. The highest BCUT2D eigenvalue weighted by atomic mass is 19.1. The van der Waals surface area contributed by atoms with Crippen LogP contribution in [0.4, 0.5) is 4.39 Å². The van der Waals surface area contributed by atoms with Crippen molar-refractivity contribution in [2.45, 2.75) is 51.9 Å². The molecule has 0 unspecified atom stereocenters. The van der Waals surface area contributed by atoms with Gasteiger partial charge in [-0.1, -0.05) is 39.8 Å². The average Bonchev–Trinajstić information content (AvgIpc) is 3.01. The molecule has 1 heterocycles. The zero-order chi connectivity index (χ0) is 19.4. The topological polar surface area (TPSA) is 54.9 Å². The van der Waals surface area contributed by atoms with Crippen LogP contribution >= 0.6 is 0 Å². The summed E-state index contributed by atoms with van der Waals surface area (Å²) in [6, 6.07) is 8.56.